The molecule has 0 aliphatic carbocycles. The van der Waals surface area contributed by atoms with Crippen LogP contribution in [-0.4, -0.2) is 25.2 Å². The highest BCUT2D eigenvalue weighted by molar-refractivity contribution is 7.11. The van der Waals surface area contributed by atoms with Gasteiger partial charge in [0.2, 0.25) is 0 Å². The smallest absolute Gasteiger partial charge is 0.113 e. The molecule has 4 heteroatoms. The van der Waals surface area contributed by atoms with Crippen LogP contribution in [0.5, 0.6) is 0 Å². The van der Waals surface area contributed by atoms with Crippen LogP contribution in [0.4, 0.5) is 0 Å². The number of thiazole rings is 1. The van der Waals surface area contributed by atoms with Crippen LogP contribution in [-0.2, 0) is 16.7 Å². The van der Waals surface area contributed by atoms with Crippen molar-refractivity contribution in [3.8, 4) is 0 Å². The van der Waals surface area contributed by atoms with E-state index in [2.05, 4.69) is 33.0 Å². The highest BCUT2D eigenvalue weighted by Gasteiger charge is 2.29. The Morgan fingerprint density at radius 3 is 2.61 bits per heavy atom. The zero-order valence-corrected chi connectivity index (χ0v) is 13.1. The zero-order valence-electron chi connectivity index (χ0n) is 12.3. The van der Waals surface area contributed by atoms with Gasteiger partial charge in [0.05, 0.1) is 17.8 Å². The quantitative estimate of drug-likeness (QED) is 0.736. The average Bonchev–Trinajstić information content (AvgIpc) is 2.72. The van der Waals surface area contributed by atoms with Gasteiger partial charge < -0.3 is 10.1 Å². The van der Waals surface area contributed by atoms with E-state index < -0.39 is 0 Å². The van der Waals surface area contributed by atoms with Crippen LogP contribution in [0.2, 0.25) is 0 Å². The Kier molecular flexibility index (Phi) is 6.26. The molecule has 0 saturated carbocycles. The lowest BCUT2D eigenvalue weighted by atomic mass is 9.97. The van der Waals surface area contributed by atoms with E-state index in [1.54, 1.807) is 7.11 Å². The van der Waals surface area contributed by atoms with Gasteiger partial charge in [0.25, 0.3) is 0 Å². The van der Waals surface area contributed by atoms with Crippen LogP contribution in [0.25, 0.3) is 0 Å². The lowest BCUT2D eigenvalue weighted by molar-refractivity contribution is 0.183. The van der Waals surface area contributed by atoms with Gasteiger partial charge in [-0.05, 0) is 26.7 Å². The molecular formula is C14H26N2OS. The van der Waals surface area contributed by atoms with E-state index in [0.717, 1.165) is 32.4 Å². The van der Waals surface area contributed by atoms with Gasteiger partial charge in [-0.3, -0.25) is 0 Å². The van der Waals surface area contributed by atoms with Gasteiger partial charge in [-0.1, -0.05) is 20.3 Å². The molecule has 0 aliphatic heterocycles. The topological polar surface area (TPSA) is 34.1 Å². The number of nitrogens with zero attached hydrogens (tertiary/aromatic N) is 1. The second-order valence-electron chi connectivity index (χ2n) is 4.88. The number of nitrogens with one attached hydrogen (secondary N) is 1. The molecule has 0 amide bonds. The number of aryl methyl sites for hydroxylation is 2. The fourth-order valence-corrected chi connectivity index (χ4v) is 3.35. The summed E-state index contributed by atoms with van der Waals surface area (Å²) in [5.41, 5.74) is 1.22. The van der Waals surface area contributed by atoms with Gasteiger partial charge in [0, 0.05) is 18.5 Å². The summed E-state index contributed by atoms with van der Waals surface area (Å²) in [4.78, 5) is 6.16. The second-order valence-corrected chi connectivity index (χ2v) is 6.08. The van der Waals surface area contributed by atoms with E-state index >= 15 is 0 Å². The van der Waals surface area contributed by atoms with Crippen molar-refractivity contribution >= 4 is 11.3 Å². The lowest BCUT2D eigenvalue weighted by Crippen LogP contribution is -2.41. The molecule has 1 atom stereocenters. The van der Waals surface area contributed by atoms with Gasteiger partial charge >= 0.3 is 0 Å². The Morgan fingerprint density at radius 2 is 2.11 bits per heavy atom. The molecule has 1 N–H and O–H groups in total. The summed E-state index contributed by atoms with van der Waals surface area (Å²) >= 11 is 1.83. The Labute approximate surface area is 115 Å². The highest BCUT2D eigenvalue weighted by Crippen LogP contribution is 2.31. The maximum Gasteiger partial charge on any atom is 0.113 e. The molecule has 0 saturated heterocycles. The van der Waals surface area contributed by atoms with Gasteiger partial charge in [0.1, 0.15) is 5.01 Å². The number of hydrogen-bond donors (Lipinski definition) is 1. The van der Waals surface area contributed by atoms with Gasteiger partial charge in [-0.15, -0.1) is 11.3 Å². The van der Waals surface area contributed by atoms with Crippen molar-refractivity contribution in [2.75, 3.05) is 20.3 Å². The number of methoxy groups -OCH3 is 1. The molecule has 0 spiro atoms. The van der Waals surface area contributed by atoms with Crippen molar-refractivity contribution < 1.29 is 4.74 Å². The average molecular weight is 270 g/mol. The number of ether oxygens (including phenoxy) is 1. The molecule has 104 valence electrons. The SMILES string of the molecule is CCCC(C)(NCCOC)c1nc(CC)c(C)s1. The van der Waals surface area contributed by atoms with Gasteiger partial charge in [-0.2, -0.15) is 0 Å². The summed E-state index contributed by atoms with van der Waals surface area (Å²) in [5, 5.41) is 4.82. The first-order chi connectivity index (χ1) is 8.57. The van der Waals surface area contributed by atoms with Crippen LogP contribution >= 0.6 is 11.3 Å². The monoisotopic (exact) mass is 270 g/mol. The van der Waals surface area contributed by atoms with Crippen molar-refractivity contribution in [2.45, 2.75) is 52.5 Å². The minimum atomic E-state index is -0.0177. The first-order valence-corrected chi connectivity index (χ1v) is 7.59. The van der Waals surface area contributed by atoms with Crippen molar-refractivity contribution in [3.05, 3.63) is 15.6 Å². The van der Waals surface area contributed by atoms with E-state index in [9.17, 15) is 0 Å². The normalized spacial score (nSPS) is 14.7. The number of hydrogen-bond acceptors (Lipinski definition) is 4. The summed E-state index contributed by atoms with van der Waals surface area (Å²) in [7, 11) is 1.74. The second kappa shape index (κ2) is 7.22. The van der Waals surface area contributed by atoms with Crippen LogP contribution in [0.3, 0.4) is 0 Å². The first-order valence-electron chi connectivity index (χ1n) is 6.78. The third kappa shape index (κ3) is 3.77. The minimum Gasteiger partial charge on any atom is -0.383 e. The Balaban J connectivity index is 2.87. The summed E-state index contributed by atoms with van der Waals surface area (Å²) in [6, 6.07) is 0. The van der Waals surface area contributed by atoms with Crippen LogP contribution in [0.15, 0.2) is 0 Å². The van der Waals surface area contributed by atoms with E-state index in [-0.39, 0.29) is 5.54 Å². The fraction of sp³-hybridized carbons (Fsp3) is 0.786. The summed E-state index contributed by atoms with van der Waals surface area (Å²) in [6.07, 6.45) is 3.27. The standard InChI is InChI=1S/C14H26N2OS/c1-6-8-14(4,15-9-10-17-5)13-16-12(7-2)11(3)18-13/h15H,6-10H2,1-5H3. The molecule has 1 heterocycles. The maximum absolute atomic E-state index is 5.12. The third-order valence-electron chi connectivity index (χ3n) is 3.27. The summed E-state index contributed by atoms with van der Waals surface area (Å²) < 4.78 is 5.12. The Hall–Kier alpha value is -0.450. The molecule has 1 rings (SSSR count). The van der Waals surface area contributed by atoms with Crippen LogP contribution < -0.4 is 5.32 Å². The van der Waals surface area contributed by atoms with Crippen molar-refractivity contribution in [1.29, 1.82) is 0 Å². The number of aromatic nitrogens is 1. The predicted molar refractivity (Wildman–Crippen MR) is 78.4 cm³/mol. The predicted octanol–water partition coefficient (Wildman–Crippen LogP) is 3.27. The molecule has 1 aromatic rings. The van der Waals surface area contributed by atoms with Crippen LogP contribution in [0.1, 0.15) is 49.2 Å². The number of rotatable bonds is 8. The van der Waals surface area contributed by atoms with Crippen LogP contribution in [0, 0.1) is 6.92 Å². The van der Waals surface area contributed by atoms with E-state index in [1.807, 2.05) is 11.3 Å². The molecule has 0 aromatic carbocycles. The molecular weight excluding hydrogens is 244 g/mol. The Morgan fingerprint density at radius 1 is 1.39 bits per heavy atom. The third-order valence-corrected chi connectivity index (χ3v) is 4.55. The van der Waals surface area contributed by atoms with E-state index in [1.165, 1.54) is 15.6 Å². The van der Waals surface area contributed by atoms with Gasteiger partial charge in [0.15, 0.2) is 0 Å². The van der Waals surface area contributed by atoms with Crippen molar-refractivity contribution in [3.63, 3.8) is 0 Å². The van der Waals surface area contributed by atoms with Crippen molar-refractivity contribution in [2.24, 2.45) is 0 Å². The van der Waals surface area contributed by atoms with E-state index in [4.69, 9.17) is 9.72 Å². The molecule has 0 radical (unpaired) electrons. The van der Waals surface area contributed by atoms with Gasteiger partial charge in [-0.25, -0.2) is 4.98 Å². The fourth-order valence-electron chi connectivity index (χ4n) is 2.19. The molecule has 3 nitrogen and oxygen atoms in total. The molecule has 0 fully saturated rings. The molecule has 0 bridgehead atoms. The lowest BCUT2D eigenvalue weighted by Gasteiger charge is -2.28. The summed E-state index contributed by atoms with van der Waals surface area (Å²) in [6.45, 7) is 10.4. The zero-order chi connectivity index (χ0) is 13.6. The maximum atomic E-state index is 5.12. The largest absolute Gasteiger partial charge is 0.383 e. The molecule has 1 unspecified atom stereocenters. The van der Waals surface area contributed by atoms with E-state index in [0.29, 0.717) is 0 Å². The first kappa shape index (κ1) is 15.6. The molecule has 1 aromatic heterocycles. The molecule has 0 aliphatic rings. The summed E-state index contributed by atoms with van der Waals surface area (Å²) in [5.74, 6) is 0. The minimum absolute atomic E-state index is 0.0177. The van der Waals surface area contributed by atoms with Crippen molar-refractivity contribution in [1.82, 2.24) is 10.3 Å². The Bertz CT molecular complexity index is 365. The molecule has 18 heavy (non-hydrogen) atoms. The highest BCUT2D eigenvalue weighted by atomic mass is 32.1.